The van der Waals surface area contributed by atoms with Crippen LogP contribution in [0.5, 0.6) is 5.75 Å². The Morgan fingerprint density at radius 1 is 1.59 bits per heavy atom. The van der Waals surface area contributed by atoms with Crippen LogP contribution in [0.2, 0.25) is 0 Å². The Labute approximate surface area is 109 Å². The van der Waals surface area contributed by atoms with Crippen molar-refractivity contribution in [2.45, 2.75) is 26.4 Å². The highest BCUT2D eigenvalue weighted by molar-refractivity contribution is 9.10. The van der Waals surface area contributed by atoms with E-state index in [1.807, 2.05) is 25.1 Å². The summed E-state index contributed by atoms with van der Waals surface area (Å²) in [5.74, 6) is -0.187. The maximum Gasteiger partial charge on any atom is 0.328 e. The molecule has 0 aliphatic rings. The van der Waals surface area contributed by atoms with Crippen molar-refractivity contribution >= 4 is 28.0 Å². The lowest BCUT2D eigenvalue weighted by Crippen LogP contribution is -2.09. The molecule has 0 aliphatic carbocycles. The molecule has 0 spiro atoms. The fraction of sp³-hybridized carbons (Fsp3) is 0.308. The van der Waals surface area contributed by atoms with E-state index in [9.17, 15) is 4.79 Å². The van der Waals surface area contributed by atoms with E-state index < -0.39 is 5.97 Å². The summed E-state index contributed by atoms with van der Waals surface area (Å²) in [5, 5.41) is 8.53. The number of halogens is 1. The van der Waals surface area contributed by atoms with E-state index in [1.165, 1.54) is 0 Å². The molecule has 0 radical (unpaired) electrons. The van der Waals surface area contributed by atoms with Crippen LogP contribution >= 0.6 is 15.9 Å². The van der Waals surface area contributed by atoms with Crippen LogP contribution in [0.15, 0.2) is 28.7 Å². The highest BCUT2D eigenvalue weighted by Gasteiger charge is 2.05. The number of benzene rings is 1. The molecule has 3 nitrogen and oxygen atoms in total. The summed E-state index contributed by atoms with van der Waals surface area (Å²) >= 11 is 3.41. The topological polar surface area (TPSA) is 46.5 Å². The Kier molecular flexibility index (Phi) is 5.22. The second-order valence-electron chi connectivity index (χ2n) is 3.70. The number of carbonyl (C=O) groups is 1. The quantitative estimate of drug-likeness (QED) is 0.843. The lowest BCUT2D eigenvalue weighted by atomic mass is 10.2. The second-order valence-corrected chi connectivity index (χ2v) is 4.55. The zero-order valence-electron chi connectivity index (χ0n) is 9.81. The Morgan fingerprint density at radius 3 is 2.82 bits per heavy atom. The van der Waals surface area contributed by atoms with Crippen LogP contribution in [0.3, 0.4) is 0 Å². The predicted molar refractivity (Wildman–Crippen MR) is 71.2 cm³/mol. The largest absolute Gasteiger partial charge is 0.490 e. The third-order valence-corrected chi connectivity index (χ3v) is 2.90. The molecule has 0 saturated heterocycles. The van der Waals surface area contributed by atoms with Gasteiger partial charge in [0.25, 0.3) is 0 Å². The third kappa shape index (κ3) is 4.61. The molecule has 1 atom stereocenters. The minimum Gasteiger partial charge on any atom is -0.490 e. The number of aliphatic carboxylic acids is 1. The molecule has 0 aromatic heterocycles. The van der Waals surface area contributed by atoms with Gasteiger partial charge in [-0.15, -0.1) is 0 Å². The van der Waals surface area contributed by atoms with Crippen LogP contribution < -0.4 is 4.74 Å². The van der Waals surface area contributed by atoms with E-state index in [2.05, 4.69) is 22.9 Å². The molecule has 17 heavy (non-hydrogen) atoms. The van der Waals surface area contributed by atoms with Crippen molar-refractivity contribution in [1.82, 2.24) is 0 Å². The number of rotatable bonds is 5. The molecule has 1 N–H and O–H groups in total. The Bertz CT molecular complexity index is 427. The molecule has 1 aromatic carbocycles. The van der Waals surface area contributed by atoms with Crippen LogP contribution in [0.1, 0.15) is 25.8 Å². The van der Waals surface area contributed by atoms with Gasteiger partial charge in [-0.05, 0) is 53.0 Å². The molecule has 0 saturated carbocycles. The van der Waals surface area contributed by atoms with Gasteiger partial charge < -0.3 is 9.84 Å². The minimum atomic E-state index is -0.957. The summed E-state index contributed by atoms with van der Waals surface area (Å²) < 4.78 is 6.51. The highest BCUT2D eigenvalue weighted by Crippen LogP contribution is 2.27. The van der Waals surface area contributed by atoms with Gasteiger partial charge in [0.15, 0.2) is 0 Å². The number of hydrogen-bond acceptors (Lipinski definition) is 2. The zero-order valence-corrected chi connectivity index (χ0v) is 11.4. The summed E-state index contributed by atoms with van der Waals surface area (Å²) in [5.41, 5.74) is 0.816. The van der Waals surface area contributed by atoms with E-state index in [0.29, 0.717) is 0 Å². The van der Waals surface area contributed by atoms with Gasteiger partial charge in [0.1, 0.15) is 5.75 Å². The van der Waals surface area contributed by atoms with Gasteiger partial charge in [-0.1, -0.05) is 13.0 Å². The Morgan fingerprint density at radius 2 is 2.29 bits per heavy atom. The van der Waals surface area contributed by atoms with E-state index in [0.717, 1.165) is 28.3 Å². The van der Waals surface area contributed by atoms with Crippen molar-refractivity contribution in [2.24, 2.45) is 0 Å². The smallest absolute Gasteiger partial charge is 0.328 e. The molecule has 0 bridgehead atoms. The average Bonchev–Trinajstić information content (AvgIpc) is 2.29. The third-order valence-electron chi connectivity index (χ3n) is 2.28. The van der Waals surface area contributed by atoms with Crippen molar-refractivity contribution < 1.29 is 14.6 Å². The van der Waals surface area contributed by atoms with Gasteiger partial charge in [0, 0.05) is 6.08 Å². The van der Waals surface area contributed by atoms with E-state index >= 15 is 0 Å². The van der Waals surface area contributed by atoms with Crippen molar-refractivity contribution in [2.75, 3.05) is 0 Å². The van der Waals surface area contributed by atoms with Crippen molar-refractivity contribution in [3.8, 4) is 5.75 Å². The molecule has 0 heterocycles. The first-order valence-electron chi connectivity index (χ1n) is 5.40. The van der Waals surface area contributed by atoms with Gasteiger partial charge in [-0.3, -0.25) is 0 Å². The summed E-state index contributed by atoms with van der Waals surface area (Å²) in [6.07, 6.45) is 3.75. The molecule has 0 amide bonds. The van der Waals surface area contributed by atoms with Crippen LogP contribution in [0.25, 0.3) is 6.08 Å². The van der Waals surface area contributed by atoms with Crippen LogP contribution in [-0.4, -0.2) is 17.2 Å². The molecule has 1 unspecified atom stereocenters. The molecule has 1 rings (SSSR count). The summed E-state index contributed by atoms with van der Waals surface area (Å²) in [6.45, 7) is 4.06. The second kappa shape index (κ2) is 6.45. The summed E-state index contributed by atoms with van der Waals surface area (Å²) in [4.78, 5) is 10.4. The molecule has 1 aromatic rings. The van der Waals surface area contributed by atoms with Gasteiger partial charge in [0.2, 0.25) is 0 Å². The molecule has 0 fully saturated rings. The fourth-order valence-electron chi connectivity index (χ4n) is 1.18. The average molecular weight is 299 g/mol. The first kappa shape index (κ1) is 13.8. The minimum absolute atomic E-state index is 0.159. The number of carboxylic acid groups (broad SMARTS) is 1. The maximum absolute atomic E-state index is 10.4. The SMILES string of the molecule is CCC(C)Oc1ccc(C=CC(=O)O)cc1Br. The van der Waals surface area contributed by atoms with Gasteiger partial charge in [-0.2, -0.15) is 0 Å². The summed E-state index contributed by atoms with van der Waals surface area (Å²) in [7, 11) is 0. The van der Waals surface area contributed by atoms with E-state index in [4.69, 9.17) is 9.84 Å². The van der Waals surface area contributed by atoms with Crippen molar-refractivity contribution in [3.63, 3.8) is 0 Å². The fourth-order valence-corrected chi connectivity index (χ4v) is 1.67. The van der Waals surface area contributed by atoms with Crippen LogP contribution in [0.4, 0.5) is 0 Å². The number of ether oxygens (including phenoxy) is 1. The molecule has 0 aliphatic heterocycles. The van der Waals surface area contributed by atoms with Gasteiger partial charge in [0.05, 0.1) is 10.6 Å². The normalized spacial score (nSPS) is 12.6. The maximum atomic E-state index is 10.4. The van der Waals surface area contributed by atoms with Crippen molar-refractivity contribution in [1.29, 1.82) is 0 Å². The molecule has 4 heteroatoms. The van der Waals surface area contributed by atoms with E-state index in [1.54, 1.807) is 6.08 Å². The lowest BCUT2D eigenvalue weighted by Gasteiger charge is -2.14. The summed E-state index contributed by atoms with van der Waals surface area (Å²) in [6, 6.07) is 5.48. The van der Waals surface area contributed by atoms with Crippen LogP contribution in [0, 0.1) is 0 Å². The predicted octanol–water partition coefficient (Wildman–Crippen LogP) is 3.72. The monoisotopic (exact) mass is 298 g/mol. The molecular formula is C13H15BrO3. The molecule has 92 valence electrons. The van der Waals surface area contributed by atoms with Gasteiger partial charge in [-0.25, -0.2) is 4.79 Å². The Hall–Kier alpha value is -1.29. The van der Waals surface area contributed by atoms with Crippen molar-refractivity contribution in [3.05, 3.63) is 34.3 Å². The number of hydrogen-bond donors (Lipinski definition) is 1. The first-order chi connectivity index (χ1) is 8.02. The lowest BCUT2D eigenvalue weighted by molar-refractivity contribution is -0.131. The van der Waals surface area contributed by atoms with Crippen LogP contribution in [-0.2, 0) is 4.79 Å². The Balaban J connectivity index is 2.82. The van der Waals surface area contributed by atoms with E-state index in [-0.39, 0.29) is 6.10 Å². The molecular weight excluding hydrogens is 284 g/mol. The number of carboxylic acids is 1. The zero-order chi connectivity index (χ0) is 12.8. The van der Waals surface area contributed by atoms with Gasteiger partial charge >= 0.3 is 5.97 Å². The standard InChI is InChI=1S/C13H15BrO3/c1-3-9(2)17-12-6-4-10(8-11(12)14)5-7-13(15)16/h4-9H,3H2,1-2H3,(H,15,16). The first-order valence-corrected chi connectivity index (χ1v) is 6.19. The highest BCUT2D eigenvalue weighted by atomic mass is 79.9.